The molecule has 0 radical (unpaired) electrons. The fraction of sp³-hybridized carbons (Fsp3) is 0.278. The average molecular weight is 306 g/mol. The van der Waals surface area contributed by atoms with E-state index in [1.54, 1.807) is 28.6 Å². The summed E-state index contributed by atoms with van der Waals surface area (Å²) in [5, 5.41) is 9.32. The Labute approximate surface area is 134 Å². The maximum absolute atomic E-state index is 12.4. The van der Waals surface area contributed by atoms with Crippen LogP contribution < -0.4 is 5.69 Å². The lowest BCUT2D eigenvalue weighted by atomic mass is 9.90. The van der Waals surface area contributed by atoms with Crippen LogP contribution in [0, 0.1) is 17.2 Å². The molecule has 116 valence electrons. The van der Waals surface area contributed by atoms with E-state index in [-0.39, 0.29) is 11.6 Å². The highest BCUT2D eigenvalue weighted by atomic mass is 16.1. The maximum atomic E-state index is 12.4. The number of aromatic nitrogens is 2. The van der Waals surface area contributed by atoms with E-state index in [0.717, 1.165) is 27.7 Å². The lowest BCUT2D eigenvalue weighted by molar-refractivity contribution is 0.728. The minimum absolute atomic E-state index is 0.0624. The van der Waals surface area contributed by atoms with E-state index in [0.29, 0.717) is 13.0 Å². The highest BCUT2D eigenvalue weighted by Crippen LogP contribution is 2.29. The number of nitrogens with zero attached hydrogens (tertiary/aromatic N) is 4. The molecule has 1 aromatic heterocycles. The molecule has 0 amide bonds. The summed E-state index contributed by atoms with van der Waals surface area (Å²) in [6, 6.07) is 8.16. The Bertz CT molecular complexity index is 950. The Morgan fingerprint density at radius 1 is 1.48 bits per heavy atom. The van der Waals surface area contributed by atoms with Crippen molar-refractivity contribution in [1.82, 2.24) is 9.13 Å². The van der Waals surface area contributed by atoms with E-state index in [4.69, 9.17) is 0 Å². The standard InChI is InChI=1S/C18H18N4O/c1-12(2)11-22-16-5-4-13(8-17(16)21(3)18(22)23)15-10-20-7-6-14(15)9-19/h4-5,7-8,10,14H,1,6,11H2,2-3H3. The second-order valence-electron chi connectivity index (χ2n) is 5.92. The van der Waals surface area contributed by atoms with Gasteiger partial charge in [0.2, 0.25) is 0 Å². The quantitative estimate of drug-likeness (QED) is 0.819. The topological polar surface area (TPSA) is 63.1 Å². The number of aliphatic imine (C=N–C) groups is 1. The van der Waals surface area contributed by atoms with Gasteiger partial charge in [-0.05, 0) is 30.2 Å². The molecule has 5 heteroatoms. The zero-order valence-corrected chi connectivity index (χ0v) is 13.3. The first-order valence-corrected chi connectivity index (χ1v) is 7.48. The van der Waals surface area contributed by atoms with Gasteiger partial charge in [-0.1, -0.05) is 18.2 Å². The van der Waals surface area contributed by atoms with Crippen molar-refractivity contribution in [2.24, 2.45) is 18.0 Å². The predicted molar refractivity (Wildman–Crippen MR) is 92.2 cm³/mol. The number of allylic oxidation sites excluding steroid dienone is 2. The summed E-state index contributed by atoms with van der Waals surface area (Å²) in [5.41, 5.74) is 4.42. The molecule has 2 aromatic rings. The van der Waals surface area contributed by atoms with Gasteiger partial charge in [-0.2, -0.15) is 5.26 Å². The van der Waals surface area contributed by atoms with Gasteiger partial charge in [0.15, 0.2) is 0 Å². The van der Waals surface area contributed by atoms with Gasteiger partial charge in [0.25, 0.3) is 0 Å². The van der Waals surface area contributed by atoms with Gasteiger partial charge in [0.1, 0.15) is 0 Å². The zero-order chi connectivity index (χ0) is 16.6. The molecule has 23 heavy (non-hydrogen) atoms. The summed E-state index contributed by atoms with van der Waals surface area (Å²) in [6.45, 7) is 6.30. The second kappa shape index (κ2) is 5.73. The average Bonchev–Trinajstić information content (AvgIpc) is 2.79. The van der Waals surface area contributed by atoms with Crippen LogP contribution in [0.15, 0.2) is 46.3 Å². The normalized spacial score (nSPS) is 17.1. The van der Waals surface area contributed by atoms with E-state index < -0.39 is 0 Å². The van der Waals surface area contributed by atoms with Crippen molar-refractivity contribution >= 4 is 22.8 Å². The van der Waals surface area contributed by atoms with Crippen LogP contribution in [-0.4, -0.2) is 15.3 Å². The molecule has 0 saturated carbocycles. The van der Waals surface area contributed by atoms with E-state index in [1.807, 2.05) is 25.1 Å². The summed E-state index contributed by atoms with van der Waals surface area (Å²) >= 11 is 0. The zero-order valence-electron chi connectivity index (χ0n) is 13.3. The summed E-state index contributed by atoms with van der Waals surface area (Å²) < 4.78 is 3.35. The molecule has 0 bridgehead atoms. The van der Waals surface area contributed by atoms with Crippen LogP contribution in [0.3, 0.4) is 0 Å². The largest absolute Gasteiger partial charge is 0.329 e. The van der Waals surface area contributed by atoms with Crippen molar-refractivity contribution in [1.29, 1.82) is 5.26 Å². The monoisotopic (exact) mass is 306 g/mol. The van der Waals surface area contributed by atoms with Crippen LogP contribution in [0.25, 0.3) is 16.6 Å². The minimum atomic E-state index is -0.195. The van der Waals surface area contributed by atoms with Gasteiger partial charge < -0.3 is 0 Å². The highest BCUT2D eigenvalue weighted by molar-refractivity contribution is 5.84. The molecule has 3 rings (SSSR count). The number of hydrogen-bond donors (Lipinski definition) is 0. The Balaban J connectivity index is 2.17. The van der Waals surface area contributed by atoms with Crippen molar-refractivity contribution in [2.75, 3.05) is 0 Å². The first-order valence-electron chi connectivity index (χ1n) is 7.48. The Morgan fingerprint density at radius 2 is 2.26 bits per heavy atom. The van der Waals surface area contributed by atoms with Crippen LogP contribution in [0.2, 0.25) is 0 Å². The molecule has 0 saturated heterocycles. The van der Waals surface area contributed by atoms with Crippen molar-refractivity contribution in [3.05, 3.63) is 52.6 Å². The minimum Gasteiger partial charge on any atom is -0.295 e. The number of fused-ring (bicyclic) bond motifs is 1. The second-order valence-corrected chi connectivity index (χ2v) is 5.92. The van der Waals surface area contributed by atoms with Crippen molar-refractivity contribution in [3.8, 4) is 6.07 Å². The molecule has 0 fully saturated rings. The van der Waals surface area contributed by atoms with E-state index in [2.05, 4.69) is 17.6 Å². The molecular weight excluding hydrogens is 288 g/mol. The summed E-state index contributed by atoms with van der Waals surface area (Å²) in [7, 11) is 1.76. The van der Waals surface area contributed by atoms with Gasteiger partial charge in [-0.3, -0.25) is 14.1 Å². The SMILES string of the molecule is C=C(C)Cn1c(=O)n(C)c2cc(C3=CN=CCC3C#N)ccc21. The number of imidazole rings is 1. The molecule has 0 aliphatic carbocycles. The fourth-order valence-electron chi connectivity index (χ4n) is 2.92. The Kier molecular flexibility index (Phi) is 3.75. The number of hydrogen-bond acceptors (Lipinski definition) is 3. The van der Waals surface area contributed by atoms with Crippen LogP contribution >= 0.6 is 0 Å². The van der Waals surface area contributed by atoms with Gasteiger partial charge in [-0.15, -0.1) is 0 Å². The smallest absolute Gasteiger partial charge is 0.295 e. The molecule has 0 N–H and O–H groups in total. The molecule has 0 spiro atoms. The van der Waals surface area contributed by atoms with Crippen molar-refractivity contribution in [2.45, 2.75) is 19.9 Å². The van der Waals surface area contributed by atoms with E-state index in [9.17, 15) is 10.1 Å². The third kappa shape index (κ3) is 2.53. The van der Waals surface area contributed by atoms with Crippen LogP contribution in [0.4, 0.5) is 0 Å². The molecule has 1 unspecified atom stereocenters. The molecule has 1 aliphatic rings. The highest BCUT2D eigenvalue weighted by Gasteiger charge is 2.19. The molecule has 1 atom stereocenters. The van der Waals surface area contributed by atoms with Gasteiger partial charge in [0, 0.05) is 32.4 Å². The molecule has 5 nitrogen and oxygen atoms in total. The molecule has 2 heterocycles. The summed E-state index contributed by atoms with van der Waals surface area (Å²) in [6.07, 6.45) is 4.12. The fourth-order valence-corrected chi connectivity index (χ4v) is 2.92. The molecular formula is C18H18N4O. The lowest BCUT2D eigenvalue weighted by Crippen LogP contribution is -2.22. The lowest BCUT2D eigenvalue weighted by Gasteiger charge is -2.14. The molecule has 1 aliphatic heterocycles. The number of aryl methyl sites for hydroxylation is 1. The first kappa shape index (κ1) is 15.0. The summed E-state index contributed by atoms with van der Waals surface area (Å²) in [4.78, 5) is 16.6. The van der Waals surface area contributed by atoms with Crippen molar-refractivity contribution < 1.29 is 0 Å². The number of nitriles is 1. The van der Waals surface area contributed by atoms with Crippen LogP contribution in [-0.2, 0) is 13.6 Å². The van der Waals surface area contributed by atoms with Crippen LogP contribution in [0.5, 0.6) is 0 Å². The van der Waals surface area contributed by atoms with Crippen LogP contribution in [0.1, 0.15) is 18.9 Å². The Hall–Kier alpha value is -2.87. The van der Waals surface area contributed by atoms with Gasteiger partial charge >= 0.3 is 5.69 Å². The number of benzene rings is 1. The summed E-state index contributed by atoms with van der Waals surface area (Å²) in [5.74, 6) is -0.195. The van der Waals surface area contributed by atoms with Gasteiger partial charge in [0.05, 0.1) is 23.0 Å². The van der Waals surface area contributed by atoms with E-state index in [1.165, 1.54) is 0 Å². The first-order chi connectivity index (χ1) is 11.0. The number of rotatable bonds is 3. The third-order valence-corrected chi connectivity index (χ3v) is 4.10. The Morgan fingerprint density at radius 3 is 2.96 bits per heavy atom. The predicted octanol–water partition coefficient (Wildman–Crippen LogP) is 2.87. The van der Waals surface area contributed by atoms with Crippen molar-refractivity contribution in [3.63, 3.8) is 0 Å². The van der Waals surface area contributed by atoms with E-state index >= 15 is 0 Å². The van der Waals surface area contributed by atoms with Gasteiger partial charge in [-0.25, -0.2) is 4.79 Å². The molecule has 1 aromatic carbocycles. The maximum Gasteiger partial charge on any atom is 0.329 e. The third-order valence-electron chi connectivity index (χ3n) is 4.10.